The fourth-order valence-corrected chi connectivity index (χ4v) is 3.67. The van der Waals surface area contributed by atoms with E-state index in [1.54, 1.807) is 12.1 Å². The van der Waals surface area contributed by atoms with E-state index in [0.717, 1.165) is 23.1 Å². The highest BCUT2D eigenvalue weighted by atomic mass is 16.5. The molecule has 0 aliphatic carbocycles. The zero-order chi connectivity index (χ0) is 20.4. The van der Waals surface area contributed by atoms with Gasteiger partial charge in [-0.2, -0.15) is 0 Å². The maximum atomic E-state index is 10.2. The maximum absolute atomic E-state index is 10.2. The van der Waals surface area contributed by atoms with Crippen LogP contribution in [0.3, 0.4) is 0 Å². The molecule has 0 saturated heterocycles. The molecule has 1 aliphatic heterocycles. The minimum atomic E-state index is -0.370. The molecule has 6 nitrogen and oxygen atoms in total. The minimum Gasteiger partial charge on any atom is -0.504 e. The lowest BCUT2D eigenvalue weighted by Gasteiger charge is -2.35. The van der Waals surface area contributed by atoms with Crippen molar-refractivity contribution < 1.29 is 25.8 Å². The molecule has 1 unspecified atom stereocenters. The topological polar surface area (TPSA) is 71.4 Å². The van der Waals surface area contributed by atoms with Crippen molar-refractivity contribution in [2.45, 2.75) is 25.3 Å². The molecule has 0 amide bonds. The van der Waals surface area contributed by atoms with Gasteiger partial charge in [0.1, 0.15) is 0 Å². The Bertz CT molecular complexity index is 857. The molecular weight excluding hydrogens is 346 g/mol. The van der Waals surface area contributed by atoms with Crippen molar-refractivity contribution in [3.8, 4) is 28.7 Å². The van der Waals surface area contributed by atoms with Crippen LogP contribution in [-0.4, -0.2) is 50.0 Å². The van der Waals surface area contributed by atoms with Crippen molar-refractivity contribution >= 4 is 0 Å². The van der Waals surface area contributed by atoms with Crippen LogP contribution >= 0.6 is 0 Å². The first kappa shape index (κ1) is 17.8. The Morgan fingerprint density at radius 2 is 1.78 bits per heavy atom. The van der Waals surface area contributed by atoms with Crippen LogP contribution in [0.15, 0.2) is 24.3 Å². The van der Waals surface area contributed by atoms with Crippen molar-refractivity contribution in [1.29, 1.82) is 0 Å². The number of benzene rings is 2. The molecular formula is C21H27NO5. The monoisotopic (exact) mass is 375 g/mol. The second-order valence-corrected chi connectivity index (χ2v) is 6.68. The highest BCUT2D eigenvalue weighted by Crippen LogP contribution is 2.41. The van der Waals surface area contributed by atoms with Crippen LogP contribution in [-0.2, 0) is 12.8 Å². The molecule has 6 heteroatoms. The molecule has 3 rings (SSSR count). The van der Waals surface area contributed by atoms with Gasteiger partial charge in [-0.15, -0.1) is 0 Å². The van der Waals surface area contributed by atoms with Gasteiger partial charge in [-0.1, -0.05) is 0 Å². The minimum absolute atomic E-state index is 0.0294. The lowest BCUT2D eigenvalue weighted by atomic mass is 9.88. The highest BCUT2D eigenvalue weighted by molar-refractivity contribution is 5.53. The number of phenolic OH excluding ortho intramolecular Hbond substituents is 2. The van der Waals surface area contributed by atoms with E-state index in [9.17, 15) is 10.2 Å². The van der Waals surface area contributed by atoms with Gasteiger partial charge in [0, 0.05) is 13.9 Å². The van der Waals surface area contributed by atoms with Crippen LogP contribution in [0.1, 0.15) is 30.5 Å². The van der Waals surface area contributed by atoms with Crippen molar-refractivity contribution in [3.63, 3.8) is 0 Å². The van der Waals surface area contributed by atoms with E-state index in [2.05, 4.69) is 0 Å². The summed E-state index contributed by atoms with van der Waals surface area (Å²) in [7, 11) is 6.47. The summed E-state index contributed by atoms with van der Waals surface area (Å²) in [6.45, 7) is -0.370. The predicted molar refractivity (Wildman–Crippen MR) is 103 cm³/mol. The molecule has 2 aromatic rings. The van der Waals surface area contributed by atoms with Gasteiger partial charge in [0.15, 0.2) is 23.0 Å². The Kier molecular flexibility index (Phi) is 5.25. The Labute approximate surface area is 161 Å². The number of methoxy groups -OCH3 is 3. The van der Waals surface area contributed by atoms with Gasteiger partial charge >= 0.3 is 0 Å². The van der Waals surface area contributed by atoms with Gasteiger partial charge in [0.05, 0.1) is 21.3 Å². The summed E-state index contributed by atoms with van der Waals surface area (Å²) in [4.78, 5) is 2.01. The van der Waals surface area contributed by atoms with E-state index < -0.39 is 0 Å². The Morgan fingerprint density at radius 3 is 2.44 bits per heavy atom. The number of rotatable bonds is 6. The molecule has 2 aromatic carbocycles. The normalized spacial score (nSPS) is 19.9. The number of hydrogen-bond donors (Lipinski definition) is 2. The average Bonchev–Trinajstić information content (AvgIpc) is 2.68. The molecule has 27 heavy (non-hydrogen) atoms. The fourth-order valence-electron chi connectivity index (χ4n) is 3.67. The molecule has 2 N–H and O–H groups in total. The highest BCUT2D eigenvalue weighted by Gasteiger charge is 2.26. The molecule has 146 valence electrons. The quantitative estimate of drug-likeness (QED) is 0.807. The average molecular weight is 375 g/mol. The Hall–Kier alpha value is -2.60. The largest absolute Gasteiger partial charge is 0.504 e. The SMILES string of the molecule is [3H][C@H]1Cc2cc(OC)c(O)cc2C(CCc2cc(O)c(OC)c(OC)c2)N1C. The van der Waals surface area contributed by atoms with Crippen LogP contribution in [0, 0.1) is 0 Å². The Morgan fingerprint density at radius 1 is 1.04 bits per heavy atom. The number of phenols is 2. The van der Waals surface area contributed by atoms with Gasteiger partial charge < -0.3 is 24.4 Å². The summed E-state index contributed by atoms with van der Waals surface area (Å²) in [5, 5.41) is 20.4. The molecule has 1 heterocycles. The summed E-state index contributed by atoms with van der Waals surface area (Å²) < 4.78 is 24.1. The zero-order valence-corrected chi connectivity index (χ0v) is 16.2. The van der Waals surface area contributed by atoms with Crippen molar-refractivity contribution in [1.82, 2.24) is 4.90 Å². The van der Waals surface area contributed by atoms with Gasteiger partial charge in [0.2, 0.25) is 5.75 Å². The van der Waals surface area contributed by atoms with Gasteiger partial charge in [-0.05, 0) is 67.3 Å². The summed E-state index contributed by atoms with van der Waals surface area (Å²) in [5.74, 6) is 1.37. The van der Waals surface area contributed by atoms with Gasteiger partial charge in [-0.25, -0.2) is 0 Å². The lowest BCUT2D eigenvalue weighted by molar-refractivity contribution is 0.218. The van der Waals surface area contributed by atoms with E-state index in [-0.39, 0.29) is 24.1 Å². The summed E-state index contributed by atoms with van der Waals surface area (Å²) in [6.07, 6.45) is 1.97. The Balaban J connectivity index is 1.88. The number of fused-ring (bicyclic) bond motifs is 1. The zero-order valence-electron chi connectivity index (χ0n) is 17.2. The van der Waals surface area contributed by atoms with Crippen LogP contribution in [0.2, 0.25) is 0 Å². The summed E-state index contributed by atoms with van der Waals surface area (Å²) >= 11 is 0. The molecule has 0 fully saturated rings. The first-order valence-corrected chi connectivity index (χ1v) is 8.87. The van der Waals surface area contributed by atoms with Gasteiger partial charge in [-0.3, -0.25) is 4.90 Å². The number of nitrogens with zero attached hydrogens (tertiary/aromatic N) is 1. The maximum Gasteiger partial charge on any atom is 0.203 e. The third-order valence-corrected chi connectivity index (χ3v) is 5.12. The second kappa shape index (κ2) is 7.96. The summed E-state index contributed by atoms with van der Waals surface area (Å²) in [6, 6.07) is 7.07. The van der Waals surface area contributed by atoms with E-state index in [1.807, 2.05) is 24.1 Å². The van der Waals surface area contributed by atoms with E-state index in [1.165, 1.54) is 21.3 Å². The smallest absolute Gasteiger partial charge is 0.203 e. The molecule has 0 aromatic heterocycles. The van der Waals surface area contributed by atoms with Crippen LogP contribution in [0.5, 0.6) is 28.7 Å². The van der Waals surface area contributed by atoms with Crippen LogP contribution in [0.25, 0.3) is 0 Å². The van der Waals surface area contributed by atoms with Crippen LogP contribution < -0.4 is 14.2 Å². The number of aryl methyl sites for hydroxylation is 2. The molecule has 2 atom stereocenters. The molecule has 1 aliphatic rings. The molecule has 0 radical (unpaired) electrons. The third-order valence-electron chi connectivity index (χ3n) is 5.12. The standard InChI is InChI=1S/C21H27NO5/c1-22-8-7-14-11-19(25-2)17(23)12-15(14)16(22)6-5-13-9-18(24)21(27-4)20(10-13)26-3/h9-12,16,23-24H,5-8H2,1-4H3/i8T/t8-,16?/m0/s1. The van der Waals surface area contributed by atoms with Crippen molar-refractivity contribution in [2.24, 2.45) is 0 Å². The fraction of sp³-hybridized carbons (Fsp3) is 0.429. The summed E-state index contributed by atoms with van der Waals surface area (Å²) in [5.41, 5.74) is 2.94. The second-order valence-electron chi connectivity index (χ2n) is 6.68. The number of hydrogen-bond acceptors (Lipinski definition) is 6. The van der Waals surface area contributed by atoms with Crippen LogP contribution in [0.4, 0.5) is 0 Å². The van der Waals surface area contributed by atoms with E-state index >= 15 is 0 Å². The van der Waals surface area contributed by atoms with E-state index in [4.69, 9.17) is 15.6 Å². The third kappa shape index (κ3) is 3.76. The van der Waals surface area contributed by atoms with Gasteiger partial charge in [0.25, 0.3) is 0 Å². The predicted octanol–water partition coefficient (Wildman–Crippen LogP) is 3.29. The first-order chi connectivity index (χ1) is 13.4. The lowest BCUT2D eigenvalue weighted by Crippen LogP contribution is -2.32. The van der Waals surface area contributed by atoms with Crippen molar-refractivity contribution in [2.75, 3.05) is 34.9 Å². The molecule has 0 spiro atoms. The first-order valence-electron chi connectivity index (χ1n) is 9.45. The molecule has 0 bridgehead atoms. The molecule has 0 saturated carbocycles. The number of ether oxygens (including phenoxy) is 3. The van der Waals surface area contributed by atoms with E-state index in [0.29, 0.717) is 30.1 Å². The number of aromatic hydroxyl groups is 2. The van der Waals surface area contributed by atoms with Crippen molar-refractivity contribution in [3.05, 3.63) is 41.0 Å². The number of likely N-dealkylation sites (N-methyl/N-ethyl adjacent to an activating group) is 1.